The topological polar surface area (TPSA) is 96.0 Å². The number of rotatable bonds is 3. The highest BCUT2D eigenvalue weighted by atomic mass is 127. The molecule has 0 spiro atoms. The van der Waals surface area contributed by atoms with E-state index in [1.807, 2.05) is 12.1 Å². The molecule has 0 bridgehead atoms. The van der Waals surface area contributed by atoms with Gasteiger partial charge in [0.05, 0.1) is 16.6 Å². The Balaban J connectivity index is 2.33. The summed E-state index contributed by atoms with van der Waals surface area (Å²) in [4.78, 5) is 22.5. The molecule has 2 rings (SSSR count). The molecule has 0 heterocycles. The number of nitro benzene ring substituents is 1. The van der Waals surface area contributed by atoms with Crippen LogP contribution >= 0.6 is 22.6 Å². The molecule has 0 aromatic heterocycles. The van der Waals surface area contributed by atoms with E-state index < -0.39 is 10.8 Å². The Morgan fingerprint density at radius 3 is 2.67 bits per heavy atom. The summed E-state index contributed by atoms with van der Waals surface area (Å²) in [5, 5.41) is 22.3. The lowest BCUT2D eigenvalue weighted by Gasteiger charge is -2.06. The maximum absolute atomic E-state index is 12.1. The fourth-order valence-corrected chi connectivity index (χ4v) is 2.23. The molecule has 0 aliphatic heterocycles. The first-order chi connectivity index (χ1) is 10.0. The molecule has 2 aromatic rings. The first-order valence-corrected chi connectivity index (χ1v) is 6.84. The molecular weight excluding hydrogens is 385 g/mol. The van der Waals surface area contributed by atoms with Crippen molar-refractivity contribution < 1.29 is 9.72 Å². The van der Waals surface area contributed by atoms with E-state index in [0.717, 1.165) is 9.64 Å². The molecule has 7 heteroatoms. The van der Waals surface area contributed by atoms with E-state index in [-0.39, 0.29) is 16.9 Å². The van der Waals surface area contributed by atoms with Gasteiger partial charge >= 0.3 is 0 Å². The fraction of sp³-hybridized carbons (Fsp3) is 0. The van der Waals surface area contributed by atoms with Gasteiger partial charge in [0.15, 0.2) is 0 Å². The van der Waals surface area contributed by atoms with Gasteiger partial charge in [0.25, 0.3) is 11.6 Å². The third-order valence-electron chi connectivity index (χ3n) is 2.66. The molecule has 1 N–H and O–H groups in total. The van der Waals surface area contributed by atoms with Crippen molar-refractivity contribution in [3.05, 3.63) is 67.3 Å². The summed E-state index contributed by atoms with van der Waals surface area (Å²) in [6.45, 7) is 0. The first-order valence-electron chi connectivity index (χ1n) is 5.76. The number of benzene rings is 2. The Morgan fingerprint density at radius 2 is 2.05 bits per heavy atom. The molecular formula is C14H8IN3O3. The number of amides is 1. The maximum Gasteiger partial charge on any atom is 0.294 e. The molecule has 0 saturated heterocycles. The maximum atomic E-state index is 12.1. The molecule has 0 radical (unpaired) electrons. The smallest absolute Gasteiger partial charge is 0.294 e. The zero-order valence-electron chi connectivity index (χ0n) is 10.5. The average molecular weight is 393 g/mol. The average Bonchev–Trinajstić information content (AvgIpc) is 2.47. The van der Waals surface area contributed by atoms with Crippen molar-refractivity contribution in [2.45, 2.75) is 0 Å². The molecule has 0 aliphatic carbocycles. The van der Waals surface area contributed by atoms with Crippen LogP contribution in [0.1, 0.15) is 15.9 Å². The number of nitrogens with zero attached hydrogens (tertiary/aromatic N) is 2. The van der Waals surface area contributed by atoms with E-state index in [4.69, 9.17) is 5.26 Å². The van der Waals surface area contributed by atoms with Gasteiger partial charge in [-0.25, -0.2) is 0 Å². The second kappa shape index (κ2) is 6.32. The highest BCUT2D eigenvalue weighted by Gasteiger charge is 2.17. The number of nitrogens with one attached hydrogen (secondary N) is 1. The van der Waals surface area contributed by atoms with E-state index in [1.54, 1.807) is 18.2 Å². The Kier molecular flexibility index (Phi) is 4.49. The van der Waals surface area contributed by atoms with Gasteiger partial charge in [-0.15, -0.1) is 0 Å². The minimum atomic E-state index is -0.634. The molecule has 0 unspecified atom stereocenters. The molecule has 21 heavy (non-hydrogen) atoms. The standard InChI is InChI=1S/C14H8IN3O3/c15-11-3-1-2-10(7-11)14(19)17-12-5-4-9(8-16)6-13(12)18(20)21/h1-7H,(H,17,19). The number of hydrogen-bond acceptors (Lipinski definition) is 4. The predicted octanol–water partition coefficient (Wildman–Crippen LogP) is 3.32. The zero-order chi connectivity index (χ0) is 15.4. The Bertz CT molecular complexity index is 768. The minimum Gasteiger partial charge on any atom is -0.316 e. The van der Waals surface area contributed by atoms with Crippen molar-refractivity contribution in [3.8, 4) is 6.07 Å². The number of nitriles is 1. The van der Waals surface area contributed by atoms with Gasteiger partial charge in [-0.2, -0.15) is 5.26 Å². The van der Waals surface area contributed by atoms with E-state index in [0.29, 0.717) is 5.56 Å². The van der Waals surface area contributed by atoms with Crippen molar-refractivity contribution in [2.24, 2.45) is 0 Å². The van der Waals surface area contributed by atoms with Crippen molar-refractivity contribution >= 4 is 39.9 Å². The Morgan fingerprint density at radius 1 is 1.29 bits per heavy atom. The number of nitro groups is 1. The van der Waals surface area contributed by atoms with Gasteiger partial charge < -0.3 is 5.32 Å². The summed E-state index contributed by atoms with van der Waals surface area (Å²) in [6.07, 6.45) is 0. The van der Waals surface area contributed by atoms with Crippen LogP contribution < -0.4 is 5.32 Å². The predicted molar refractivity (Wildman–Crippen MR) is 84.9 cm³/mol. The number of anilines is 1. The number of carbonyl (C=O) groups is 1. The lowest BCUT2D eigenvalue weighted by atomic mass is 10.1. The van der Waals surface area contributed by atoms with Crippen LogP contribution in [0.5, 0.6) is 0 Å². The summed E-state index contributed by atoms with van der Waals surface area (Å²) < 4.78 is 0.884. The monoisotopic (exact) mass is 393 g/mol. The van der Waals surface area contributed by atoms with Crippen LogP contribution in [0.15, 0.2) is 42.5 Å². The van der Waals surface area contributed by atoms with Gasteiger partial charge in [-0.3, -0.25) is 14.9 Å². The molecule has 0 fully saturated rings. The van der Waals surface area contributed by atoms with E-state index in [1.165, 1.54) is 12.1 Å². The van der Waals surface area contributed by atoms with E-state index >= 15 is 0 Å². The van der Waals surface area contributed by atoms with Crippen molar-refractivity contribution in [2.75, 3.05) is 5.32 Å². The summed E-state index contributed by atoms with van der Waals surface area (Å²) in [7, 11) is 0. The quantitative estimate of drug-likeness (QED) is 0.492. The lowest BCUT2D eigenvalue weighted by Crippen LogP contribution is -2.13. The highest BCUT2D eigenvalue weighted by Crippen LogP contribution is 2.26. The highest BCUT2D eigenvalue weighted by molar-refractivity contribution is 14.1. The summed E-state index contributed by atoms with van der Waals surface area (Å²) in [6, 6.07) is 12.6. The molecule has 0 atom stereocenters. The van der Waals surface area contributed by atoms with E-state index in [9.17, 15) is 14.9 Å². The van der Waals surface area contributed by atoms with Crippen molar-refractivity contribution in [3.63, 3.8) is 0 Å². The van der Waals surface area contributed by atoms with Crippen molar-refractivity contribution in [1.82, 2.24) is 0 Å². The van der Waals surface area contributed by atoms with Crippen LogP contribution in [0, 0.1) is 25.0 Å². The Hall–Kier alpha value is -2.47. The van der Waals surface area contributed by atoms with Crippen LogP contribution in [0.3, 0.4) is 0 Å². The van der Waals surface area contributed by atoms with Gasteiger partial charge in [0.2, 0.25) is 0 Å². The lowest BCUT2D eigenvalue weighted by molar-refractivity contribution is -0.383. The third kappa shape index (κ3) is 3.55. The van der Waals surface area contributed by atoms with Crippen LogP contribution in [0.25, 0.3) is 0 Å². The van der Waals surface area contributed by atoms with Gasteiger partial charge in [-0.05, 0) is 52.9 Å². The van der Waals surface area contributed by atoms with Crippen LogP contribution in [0.2, 0.25) is 0 Å². The number of hydrogen-bond donors (Lipinski definition) is 1. The second-order valence-corrected chi connectivity index (χ2v) is 5.31. The summed E-state index contributed by atoms with van der Waals surface area (Å²) in [5.41, 5.74) is 0.311. The van der Waals surface area contributed by atoms with Gasteiger partial charge in [0.1, 0.15) is 5.69 Å². The SMILES string of the molecule is N#Cc1ccc(NC(=O)c2cccc(I)c2)c([N+](=O)[O-])c1. The summed E-state index contributed by atoms with van der Waals surface area (Å²) in [5.74, 6) is -0.443. The van der Waals surface area contributed by atoms with Gasteiger partial charge in [0, 0.05) is 15.2 Å². The normalized spacial score (nSPS) is 9.71. The zero-order valence-corrected chi connectivity index (χ0v) is 12.7. The fourth-order valence-electron chi connectivity index (χ4n) is 1.68. The van der Waals surface area contributed by atoms with Crippen LogP contribution in [-0.2, 0) is 0 Å². The molecule has 6 nitrogen and oxygen atoms in total. The molecule has 2 aromatic carbocycles. The molecule has 0 aliphatic rings. The third-order valence-corrected chi connectivity index (χ3v) is 3.33. The van der Waals surface area contributed by atoms with Crippen LogP contribution in [-0.4, -0.2) is 10.8 Å². The van der Waals surface area contributed by atoms with Gasteiger partial charge in [-0.1, -0.05) is 6.07 Å². The van der Waals surface area contributed by atoms with Crippen LogP contribution in [0.4, 0.5) is 11.4 Å². The minimum absolute atomic E-state index is 0.0582. The largest absolute Gasteiger partial charge is 0.316 e. The Labute approximate surface area is 133 Å². The second-order valence-electron chi connectivity index (χ2n) is 4.07. The first kappa shape index (κ1) is 14.9. The number of halogens is 1. The molecule has 104 valence electrons. The molecule has 1 amide bonds. The molecule has 0 saturated carbocycles. The number of carbonyl (C=O) groups excluding carboxylic acids is 1. The summed E-state index contributed by atoms with van der Waals surface area (Å²) >= 11 is 2.07. The van der Waals surface area contributed by atoms with E-state index in [2.05, 4.69) is 27.9 Å². The van der Waals surface area contributed by atoms with Crippen molar-refractivity contribution in [1.29, 1.82) is 5.26 Å².